The maximum atomic E-state index is 13.3. The van der Waals surface area contributed by atoms with Gasteiger partial charge in [0, 0.05) is 56.2 Å². The molecule has 0 aromatic heterocycles. The number of anilines is 1. The van der Waals surface area contributed by atoms with Gasteiger partial charge >= 0.3 is 12.2 Å². The van der Waals surface area contributed by atoms with Crippen LogP contribution in [0.25, 0.3) is 0 Å². The lowest BCUT2D eigenvalue weighted by molar-refractivity contribution is -0.384. The van der Waals surface area contributed by atoms with Gasteiger partial charge in [-0.05, 0) is 55.7 Å². The van der Waals surface area contributed by atoms with Crippen molar-refractivity contribution in [3.63, 3.8) is 0 Å². The number of amides is 7. The van der Waals surface area contributed by atoms with Crippen LogP contribution in [-0.4, -0.2) is 120 Å². The van der Waals surface area contributed by atoms with Gasteiger partial charge in [0.05, 0.1) is 24.7 Å². The Labute approximate surface area is 365 Å². The highest BCUT2D eigenvalue weighted by atomic mass is 16.7. The number of rotatable bonds is 25. The molecule has 7 amide bonds. The third-order valence-electron chi connectivity index (χ3n) is 8.76. The quantitative estimate of drug-likeness (QED) is 0.0214. The Balaban J connectivity index is 1.39. The first-order valence-electron chi connectivity index (χ1n) is 19.6. The molecule has 0 saturated carbocycles. The SMILES string of the molecule is CC(=O)NC1C(=O)C(O)=C(CO)C=C1OCCOCCNC(=O)CCC(=O)NC(C)C(=O)NC(CCCNC(N)=O)C(=O)Nc1ccc(COC(=O)Oc2ccc([N+](=O)[O-])cc2)cc1. The molecule has 1 aliphatic carbocycles. The second kappa shape index (κ2) is 26.0. The lowest BCUT2D eigenvalue weighted by Crippen LogP contribution is -2.51. The number of carbonyl (C=O) groups is 8. The number of ether oxygens (including phenoxy) is 4. The molecule has 24 heteroatoms. The summed E-state index contributed by atoms with van der Waals surface area (Å²) in [7, 11) is 0. The number of nitrogens with zero attached hydrogens (tertiary/aromatic N) is 1. The predicted octanol–water partition coefficient (Wildman–Crippen LogP) is 0.392. The fraction of sp³-hybridized carbons (Fsp3) is 0.400. The molecule has 10 N–H and O–H groups in total. The number of primary amides is 1. The molecule has 0 spiro atoms. The van der Waals surface area contributed by atoms with Crippen molar-refractivity contribution >= 4 is 58.9 Å². The number of nitrogens with one attached hydrogen (secondary N) is 6. The number of nitro benzene ring substituents is 1. The summed E-state index contributed by atoms with van der Waals surface area (Å²) in [4.78, 5) is 109. The van der Waals surface area contributed by atoms with E-state index in [1.807, 2.05) is 0 Å². The van der Waals surface area contributed by atoms with E-state index < -0.39 is 82.9 Å². The van der Waals surface area contributed by atoms with Gasteiger partial charge in [0.2, 0.25) is 35.3 Å². The van der Waals surface area contributed by atoms with Crippen LogP contribution >= 0.6 is 0 Å². The molecule has 0 heterocycles. The average molecular weight is 899 g/mol. The highest BCUT2D eigenvalue weighted by Crippen LogP contribution is 2.22. The van der Waals surface area contributed by atoms with E-state index in [2.05, 4.69) is 31.9 Å². The summed E-state index contributed by atoms with van der Waals surface area (Å²) < 4.78 is 21.0. The lowest BCUT2D eigenvalue weighted by Gasteiger charge is -2.24. The van der Waals surface area contributed by atoms with Gasteiger partial charge in [-0.1, -0.05) is 12.1 Å². The second-order valence-electron chi connectivity index (χ2n) is 13.7. The molecule has 3 rings (SSSR count). The minimum absolute atomic E-state index is 0.00152. The normalized spacial score (nSPS) is 14.1. The van der Waals surface area contributed by atoms with Gasteiger partial charge in [-0.25, -0.2) is 9.59 Å². The number of nitro groups is 1. The third-order valence-corrected chi connectivity index (χ3v) is 8.76. The number of ketones is 1. The molecule has 0 bridgehead atoms. The van der Waals surface area contributed by atoms with E-state index in [9.17, 15) is 58.7 Å². The molecule has 64 heavy (non-hydrogen) atoms. The molecular weight excluding hydrogens is 848 g/mol. The fourth-order valence-corrected chi connectivity index (χ4v) is 5.51. The summed E-state index contributed by atoms with van der Waals surface area (Å²) in [5, 5.41) is 45.2. The number of aliphatic hydroxyl groups is 2. The number of benzene rings is 2. The zero-order valence-electron chi connectivity index (χ0n) is 34.8. The van der Waals surface area contributed by atoms with Crippen molar-refractivity contribution in [2.75, 3.05) is 44.8 Å². The number of urea groups is 1. The molecule has 0 aliphatic heterocycles. The highest BCUT2D eigenvalue weighted by Gasteiger charge is 2.34. The van der Waals surface area contributed by atoms with Crippen LogP contribution in [0.2, 0.25) is 0 Å². The van der Waals surface area contributed by atoms with Crippen molar-refractivity contribution in [2.24, 2.45) is 5.73 Å². The third kappa shape index (κ3) is 17.8. The Morgan fingerprint density at radius 2 is 1.58 bits per heavy atom. The lowest BCUT2D eigenvalue weighted by atomic mass is 9.98. The first-order chi connectivity index (χ1) is 30.5. The van der Waals surface area contributed by atoms with Crippen LogP contribution in [-0.2, 0) is 49.6 Å². The van der Waals surface area contributed by atoms with Crippen LogP contribution in [0.4, 0.5) is 21.0 Å². The highest BCUT2D eigenvalue weighted by molar-refractivity contribution is 6.03. The van der Waals surface area contributed by atoms with Gasteiger partial charge in [0.15, 0.2) is 11.8 Å². The molecular formula is C40H50N8O16. The van der Waals surface area contributed by atoms with Crippen LogP contribution in [0, 0.1) is 10.1 Å². The second-order valence-corrected chi connectivity index (χ2v) is 13.7. The fourth-order valence-electron chi connectivity index (χ4n) is 5.51. The van der Waals surface area contributed by atoms with Crippen LogP contribution in [0.3, 0.4) is 0 Å². The number of Topliss-reactive ketones (excluding diaryl/α,β-unsaturated/α-hetero) is 1. The predicted molar refractivity (Wildman–Crippen MR) is 222 cm³/mol. The number of carbonyl (C=O) groups excluding carboxylic acids is 8. The van der Waals surface area contributed by atoms with Crippen LogP contribution in [0.15, 0.2) is 71.7 Å². The first-order valence-corrected chi connectivity index (χ1v) is 19.6. The molecule has 3 atom stereocenters. The van der Waals surface area contributed by atoms with Crippen molar-refractivity contribution in [3.05, 3.63) is 87.4 Å². The minimum Gasteiger partial charge on any atom is -0.504 e. The smallest absolute Gasteiger partial charge is 0.504 e. The van der Waals surface area contributed by atoms with Gasteiger partial charge in [0.1, 0.15) is 36.8 Å². The van der Waals surface area contributed by atoms with Crippen LogP contribution in [0.5, 0.6) is 5.75 Å². The zero-order chi connectivity index (χ0) is 47.2. The molecule has 3 unspecified atom stereocenters. The maximum Gasteiger partial charge on any atom is 0.514 e. The Bertz CT molecular complexity index is 2070. The number of nitrogens with two attached hydrogens (primary N) is 1. The van der Waals surface area contributed by atoms with Gasteiger partial charge in [-0.15, -0.1) is 0 Å². The Morgan fingerprint density at radius 1 is 0.891 bits per heavy atom. The van der Waals surface area contributed by atoms with Gasteiger partial charge in [-0.3, -0.25) is 38.9 Å². The number of hydrogen-bond acceptors (Lipinski definition) is 16. The minimum atomic E-state index is -1.27. The first kappa shape index (κ1) is 50.8. The number of non-ortho nitro benzene ring substituents is 1. The summed E-state index contributed by atoms with van der Waals surface area (Å²) in [6.45, 7) is 1.89. The monoisotopic (exact) mass is 898 g/mol. The topological polar surface area (TPSA) is 355 Å². The van der Waals surface area contributed by atoms with E-state index in [-0.39, 0.29) is 88.0 Å². The zero-order valence-corrected chi connectivity index (χ0v) is 34.8. The van der Waals surface area contributed by atoms with Crippen molar-refractivity contribution in [1.29, 1.82) is 0 Å². The summed E-state index contributed by atoms with van der Waals surface area (Å²) >= 11 is 0. The summed E-state index contributed by atoms with van der Waals surface area (Å²) in [6.07, 6.45) is -0.00739. The van der Waals surface area contributed by atoms with Crippen molar-refractivity contribution in [3.8, 4) is 5.75 Å². The summed E-state index contributed by atoms with van der Waals surface area (Å²) in [5.41, 5.74) is 5.70. The van der Waals surface area contributed by atoms with E-state index in [0.717, 1.165) is 0 Å². The van der Waals surface area contributed by atoms with E-state index in [0.29, 0.717) is 11.3 Å². The van der Waals surface area contributed by atoms with Gasteiger partial charge < -0.3 is 66.8 Å². The standard InChI is InChI=1S/C40H50N8O16/c1-23(44-33(52)14-13-32(51)42-16-17-61-18-19-62-31-20-26(21-49)35(53)36(54)34(31)45-24(2)50)37(55)47-30(4-3-15-43-39(41)57)38(56)46-27-7-5-25(6-8-27)22-63-40(58)64-29-11-9-28(10-12-29)48(59)60/h5-12,20,23,30,34,49,53H,3-4,13-19,21-22H2,1-2H3,(H,42,51)(H,44,52)(H,45,50)(H,46,56)(H,47,55)(H3,41,43,57). The van der Waals surface area contributed by atoms with E-state index in [1.54, 1.807) is 12.1 Å². The Hall–Kier alpha value is -7.60. The summed E-state index contributed by atoms with van der Waals surface area (Å²) in [5.74, 6) is -4.48. The van der Waals surface area contributed by atoms with Gasteiger partial charge in [0.25, 0.3) is 5.69 Å². The molecule has 2 aromatic carbocycles. The molecule has 0 fully saturated rings. The largest absolute Gasteiger partial charge is 0.514 e. The summed E-state index contributed by atoms with van der Waals surface area (Å²) in [6, 6.07) is 6.66. The molecule has 1 aliphatic rings. The molecule has 0 radical (unpaired) electrons. The Morgan fingerprint density at radius 3 is 2.22 bits per heavy atom. The van der Waals surface area contributed by atoms with Crippen molar-refractivity contribution in [2.45, 2.75) is 64.3 Å². The molecule has 346 valence electrons. The Kier molecular flexibility index (Phi) is 20.6. The van der Waals surface area contributed by atoms with Gasteiger partial charge in [-0.2, -0.15) is 0 Å². The average Bonchev–Trinajstić information content (AvgIpc) is 3.25. The van der Waals surface area contributed by atoms with E-state index in [4.69, 9.17) is 24.7 Å². The van der Waals surface area contributed by atoms with E-state index >= 15 is 0 Å². The molecule has 2 aromatic rings. The molecule has 24 nitrogen and oxygen atoms in total. The number of aliphatic hydroxyl groups excluding tert-OH is 2. The van der Waals surface area contributed by atoms with E-state index in [1.165, 1.54) is 56.3 Å². The van der Waals surface area contributed by atoms with Crippen LogP contribution < -0.4 is 42.4 Å². The number of hydrogen-bond donors (Lipinski definition) is 9. The molecule has 0 saturated heterocycles. The maximum absolute atomic E-state index is 13.3. The van der Waals surface area contributed by atoms with Crippen molar-refractivity contribution in [1.82, 2.24) is 26.6 Å². The van der Waals surface area contributed by atoms with Crippen LogP contribution in [0.1, 0.15) is 45.1 Å². The van der Waals surface area contributed by atoms with Crippen molar-refractivity contribution < 1.29 is 72.4 Å².